The summed E-state index contributed by atoms with van der Waals surface area (Å²) in [5.74, 6) is 1.26. The van der Waals surface area contributed by atoms with Crippen LogP contribution in [-0.4, -0.2) is 21.3 Å². The van der Waals surface area contributed by atoms with Crippen LogP contribution in [0.25, 0.3) is 0 Å². The molecule has 0 radical (unpaired) electrons. The Kier molecular flexibility index (Phi) is 5.33. The number of methoxy groups -OCH3 is 3. The first-order chi connectivity index (χ1) is 10.6. The van der Waals surface area contributed by atoms with E-state index in [1.807, 2.05) is 6.07 Å². The molecule has 6 heteroatoms. The van der Waals surface area contributed by atoms with Crippen LogP contribution in [0.5, 0.6) is 17.2 Å². The Balaban J connectivity index is 2.23. The Bertz CT molecular complexity index is 664. The molecule has 0 heterocycles. The maximum absolute atomic E-state index is 13.2. The van der Waals surface area contributed by atoms with E-state index in [2.05, 4.69) is 5.32 Å². The van der Waals surface area contributed by atoms with Crippen molar-refractivity contribution in [2.24, 2.45) is 0 Å². The zero-order chi connectivity index (χ0) is 16.1. The first-order valence-electron chi connectivity index (χ1n) is 6.57. The normalized spacial score (nSPS) is 10.2. The summed E-state index contributed by atoms with van der Waals surface area (Å²) in [6.45, 7) is 0.464. The van der Waals surface area contributed by atoms with Gasteiger partial charge in [-0.1, -0.05) is 11.6 Å². The number of anilines is 1. The van der Waals surface area contributed by atoms with Gasteiger partial charge in [0.2, 0.25) is 5.75 Å². The molecule has 0 spiro atoms. The topological polar surface area (TPSA) is 39.7 Å². The fourth-order valence-corrected chi connectivity index (χ4v) is 2.29. The zero-order valence-corrected chi connectivity index (χ0v) is 13.3. The van der Waals surface area contributed by atoms with E-state index in [0.29, 0.717) is 29.5 Å². The second-order valence-electron chi connectivity index (χ2n) is 4.48. The third-order valence-corrected chi connectivity index (χ3v) is 3.48. The van der Waals surface area contributed by atoms with Gasteiger partial charge in [-0.2, -0.15) is 0 Å². The largest absolute Gasteiger partial charge is 0.493 e. The zero-order valence-electron chi connectivity index (χ0n) is 12.6. The predicted octanol–water partition coefficient (Wildman–Crippen LogP) is 4.12. The highest BCUT2D eigenvalue weighted by atomic mass is 35.5. The monoisotopic (exact) mass is 325 g/mol. The van der Waals surface area contributed by atoms with Crippen LogP contribution >= 0.6 is 11.6 Å². The van der Waals surface area contributed by atoms with Crippen molar-refractivity contribution in [3.05, 3.63) is 46.7 Å². The molecule has 0 saturated carbocycles. The van der Waals surface area contributed by atoms with Gasteiger partial charge in [0.15, 0.2) is 11.5 Å². The van der Waals surface area contributed by atoms with Gasteiger partial charge in [0.05, 0.1) is 26.4 Å². The highest BCUT2D eigenvalue weighted by Gasteiger charge is 2.15. The molecular formula is C16H17ClFNO3. The SMILES string of the molecule is COc1ccc(CNc2ccc(F)c(Cl)c2)c(OC)c1OC. The molecule has 2 aromatic carbocycles. The average molecular weight is 326 g/mol. The summed E-state index contributed by atoms with van der Waals surface area (Å²) in [6, 6.07) is 8.14. The molecule has 2 rings (SSSR count). The van der Waals surface area contributed by atoms with Gasteiger partial charge in [0.25, 0.3) is 0 Å². The van der Waals surface area contributed by atoms with Gasteiger partial charge < -0.3 is 19.5 Å². The van der Waals surface area contributed by atoms with Crippen molar-refractivity contribution in [3.63, 3.8) is 0 Å². The number of hydrogen-bond acceptors (Lipinski definition) is 4. The number of halogens is 2. The molecule has 0 saturated heterocycles. The van der Waals surface area contributed by atoms with Crippen molar-refractivity contribution >= 4 is 17.3 Å². The molecule has 1 N–H and O–H groups in total. The fraction of sp³-hybridized carbons (Fsp3) is 0.250. The van der Waals surface area contributed by atoms with Crippen LogP contribution in [-0.2, 0) is 6.54 Å². The quantitative estimate of drug-likeness (QED) is 0.867. The van der Waals surface area contributed by atoms with Gasteiger partial charge >= 0.3 is 0 Å². The third-order valence-electron chi connectivity index (χ3n) is 3.19. The summed E-state index contributed by atoms with van der Waals surface area (Å²) >= 11 is 5.77. The van der Waals surface area contributed by atoms with Crippen LogP contribution < -0.4 is 19.5 Å². The van der Waals surface area contributed by atoms with E-state index in [1.165, 1.54) is 12.1 Å². The maximum atomic E-state index is 13.2. The lowest BCUT2D eigenvalue weighted by Crippen LogP contribution is -2.04. The van der Waals surface area contributed by atoms with Crippen molar-refractivity contribution < 1.29 is 18.6 Å². The lowest BCUT2D eigenvalue weighted by atomic mass is 10.1. The van der Waals surface area contributed by atoms with Crippen LogP contribution in [0.15, 0.2) is 30.3 Å². The molecule has 0 bridgehead atoms. The highest BCUT2D eigenvalue weighted by molar-refractivity contribution is 6.31. The minimum Gasteiger partial charge on any atom is -0.493 e. The van der Waals surface area contributed by atoms with Gasteiger partial charge in [-0.3, -0.25) is 0 Å². The van der Waals surface area contributed by atoms with E-state index < -0.39 is 5.82 Å². The molecule has 0 fully saturated rings. The number of hydrogen-bond donors (Lipinski definition) is 1. The molecule has 0 aliphatic carbocycles. The minimum atomic E-state index is -0.448. The van der Waals surface area contributed by atoms with E-state index in [9.17, 15) is 4.39 Å². The Morgan fingerprint density at radius 2 is 1.73 bits per heavy atom. The van der Waals surface area contributed by atoms with Crippen molar-refractivity contribution in [3.8, 4) is 17.2 Å². The summed E-state index contributed by atoms with van der Waals surface area (Å²) in [7, 11) is 4.68. The molecule has 4 nitrogen and oxygen atoms in total. The third kappa shape index (κ3) is 3.36. The highest BCUT2D eigenvalue weighted by Crippen LogP contribution is 2.39. The summed E-state index contributed by atoms with van der Waals surface area (Å²) in [5.41, 5.74) is 1.59. The number of nitrogens with one attached hydrogen (secondary N) is 1. The van der Waals surface area contributed by atoms with E-state index in [4.69, 9.17) is 25.8 Å². The van der Waals surface area contributed by atoms with Gasteiger partial charge in [-0.15, -0.1) is 0 Å². The lowest BCUT2D eigenvalue weighted by molar-refractivity contribution is 0.322. The van der Waals surface area contributed by atoms with Crippen LogP contribution in [0.2, 0.25) is 5.02 Å². The average Bonchev–Trinajstić information content (AvgIpc) is 2.54. The van der Waals surface area contributed by atoms with E-state index in [1.54, 1.807) is 33.5 Å². The molecule has 0 amide bonds. The Hall–Kier alpha value is -2.14. The first kappa shape index (κ1) is 16.2. The number of rotatable bonds is 6. The fourth-order valence-electron chi connectivity index (χ4n) is 2.11. The Labute approximate surface area is 133 Å². The van der Waals surface area contributed by atoms with Crippen molar-refractivity contribution in [1.29, 1.82) is 0 Å². The van der Waals surface area contributed by atoms with Crippen LogP contribution in [0.4, 0.5) is 10.1 Å². The van der Waals surface area contributed by atoms with Gasteiger partial charge in [-0.25, -0.2) is 4.39 Å². The van der Waals surface area contributed by atoms with Gasteiger partial charge in [0.1, 0.15) is 5.82 Å². The Morgan fingerprint density at radius 1 is 1.00 bits per heavy atom. The minimum absolute atomic E-state index is 0.0734. The van der Waals surface area contributed by atoms with Crippen LogP contribution in [0.3, 0.4) is 0 Å². The van der Waals surface area contributed by atoms with Crippen LogP contribution in [0, 0.1) is 5.82 Å². The molecule has 0 aliphatic heterocycles. The summed E-state index contributed by atoms with van der Waals surface area (Å²) in [5, 5.41) is 3.24. The van der Waals surface area contributed by atoms with E-state index >= 15 is 0 Å². The first-order valence-corrected chi connectivity index (χ1v) is 6.95. The van der Waals surface area contributed by atoms with Crippen LogP contribution in [0.1, 0.15) is 5.56 Å². The van der Waals surface area contributed by atoms with Gasteiger partial charge in [-0.05, 0) is 30.3 Å². The van der Waals surface area contributed by atoms with Crippen molar-refractivity contribution in [2.75, 3.05) is 26.6 Å². The summed E-state index contributed by atoms with van der Waals surface area (Å²) in [6.07, 6.45) is 0. The van der Waals surface area contributed by atoms with Gasteiger partial charge in [0, 0.05) is 17.8 Å². The van der Waals surface area contributed by atoms with E-state index in [-0.39, 0.29) is 5.02 Å². The van der Waals surface area contributed by atoms with Crippen molar-refractivity contribution in [1.82, 2.24) is 0 Å². The number of benzene rings is 2. The van der Waals surface area contributed by atoms with E-state index in [0.717, 1.165) is 5.56 Å². The standard InChI is InChI=1S/C16H17ClFNO3/c1-20-14-7-4-10(15(21-2)16(14)22-3)9-19-11-5-6-13(18)12(17)8-11/h4-8,19H,9H2,1-3H3. The maximum Gasteiger partial charge on any atom is 0.203 e. The molecule has 0 aromatic heterocycles. The molecule has 2 aromatic rings. The molecule has 0 aliphatic rings. The Morgan fingerprint density at radius 3 is 2.32 bits per heavy atom. The second kappa shape index (κ2) is 7.22. The molecule has 0 atom stereocenters. The molecule has 22 heavy (non-hydrogen) atoms. The smallest absolute Gasteiger partial charge is 0.203 e. The lowest BCUT2D eigenvalue weighted by Gasteiger charge is -2.16. The second-order valence-corrected chi connectivity index (χ2v) is 4.88. The molecule has 0 unspecified atom stereocenters. The molecule has 118 valence electrons. The number of ether oxygens (including phenoxy) is 3. The summed E-state index contributed by atoms with van der Waals surface area (Å²) < 4.78 is 29.1. The van der Waals surface area contributed by atoms with Crippen molar-refractivity contribution in [2.45, 2.75) is 6.54 Å². The summed E-state index contributed by atoms with van der Waals surface area (Å²) in [4.78, 5) is 0. The predicted molar refractivity (Wildman–Crippen MR) is 84.8 cm³/mol. The molecular weight excluding hydrogens is 309 g/mol.